The van der Waals surface area contributed by atoms with Crippen molar-refractivity contribution < 1.29 is 38.0 Å². The van der Waals surface area contributed by atoms with Crippen LogP contribution in [0.5, 0.6) is 34.5 Å². The minimum absolute atomic E-state index is 0.223. The van der Waals surface area contributed by atoms with Crippen LogP contribution in [0.1, 0.15) is 26.3 Å². The van der Waals surface area contributed by atoms with Gasteiger partial charge in [0, 0.05) is 0 Å². The summed E-state index contributed by atoms with van der Waals surface area (Å²) in [5.74, 6) is 1.46. The molecule has 3 aromatic rings. The number of benzene rings is 3. The molecule has 0 aliphatic rings. The fourth-order valence-corrected chi connectivity index (χ4v) is 3.31. The average molecular weight is 478 g/mol. The van der Waals surface area contributed by atoms with E-state index in [9.17, 15) is 9.59 Å². The summed E-state index contributed by atoms with van der Waals surface area (Å²) >= 11 is 0. The second-order valence-electron chi connectivity index (χ2n) is 7.14. The Bertz CT molecular complexity index is 1220. The van der Waals surface area contributed by atoms with Crippen LogP contribution in [0.15, 0.2) is 60.7 Å². The number of rotatable bonds is 10. The highest BCUT2D eigenvalue weighted by Gasteiger charge is 2.18. The van der Waals surface area contributed by atoms with Crippen molar-refractivity contribution >= 4 is 17.8 Å². The first-order valence-corrected chi connectivity index (χ1v) is 10.5. The van der Waals surface area contributed by atoms with Crippen LogP contribution in [0.25, 0.3) is 6.08 Å². The SMILES string of the molecule is COc1ccc(OC)c(C(=O)C=Cc2cccc(OC(=O)c3cc(OC)c(OC)c(OC)c3)c2)c1. The van der Waals surface area contributed by atoms with Crippen molar-refractivity contribution in [2.45, 2.75) is 0 Å². The molecule has 0 bridgehead atoms. The number of allylic oxidation sites excluding steroid dienone is 1. The Hall–Kier alpha value is -4.46. The Morgan fingerprint density at radius 2 is 1.37 bits per heavy atom. The van der Waals surface area contributed by atoms with Crippen LogP contribution >= 0.6 is 0 Å². The van der Waals surface area contributed by atoms with E-state index in [1.54, 1.807) is 48.5 Å². The highest BCUT2D eigenvalue weighted by molar-refractivity contribution is 6.09. The Labute approximate surface area is 203 Å². The molecular formula is C27H26O8. The molecule has 3 rings (SSSR count). The quantitative estimate of drug-likeness (QED) is 0.177. The molecule has 0 radical (unpaired) electrons. The standard InChI is InChI=1S/C27H26O8/c1-30-19-10-12-23(31-2)21(16-19)22(28)11-9-17-7-6-8-20(13-17)35-27(29)18-14-24(32-3)26(34-5)25(15-18)33-4/h6-16H,1-5H3. The maximum atomic E-state index is 12.8. The van der Waals surface area contributed by atoms with Crippen molar-refractivity contribution in [3.8, 4) is 34.5 Å². The van der Waals surface area contributed by atoms with Gasteiger partial charge in [-0.25, -0.2) is 4.79 Å². The summed E-state index contributed by atoms with van der Waals surface area (Å²) in [7, 11) is 7.42. The lowest BCUT2D eigenvalue weighted by molar-refractivity contribution is 0.0733. The van der Waals surface area contributed by atoms with E-state index in [1.165, 1.54) is 53.8 Å². The highest BCUT2D eigenvalue weighted by Crippen LogP contribution is 2.38. The summed E-state index contributed by atoms with van der Waals surface area (Å²) in [5, 5.41) is 0. The van der Waals surface area contributed by atoms with Crippen LogP contribution in [0.3, 0.4) is 0 Å². The van der Waals surface area contributed by atoms with E-state index in [1.807, 2.05) is 0 Å². The molecule has 0 spiro atoms. The van der Waals surface area contributed by atoms with Crippen molar-refractivity contribution in [3.63, 3.8) is 0 Å². The third kappa shape index (κ3) is 5.92. The van der Waals surface area contributed by atoms with Crippen molar-refractivity contribution in [3.05, 3.63) is 77.4 Å². The van der Waals surface area contributed by atoms with Gasteiger partial charge in [0.2, 0.25) is 5.75 Å². The minimum atomic E-state index is -0.609. The molecule has 0 aliphatic carbocycles. The second kappa shape index (κ2) is 11.6. The summed E-state index contributed by atoms with van der Waals surface area (Å²) in [6.07, 6.45) is 3.04. The molecule has 0 aromatic heterocycles. The molecule has 0 aliphatic heterocycles. The first-order valence-electron chi connectivity index (χ1n) is 10.5. The summed E-state index contributed by atoms with van der Waals surface area (Å²) in [4.78, 5) is 25.5. The maximum Gasteiger partial charge on any atom is 0.343 e. The van der Waals surface area contributed by atoms with Crippen LogP contribution in [0, 0.1) is 0 Å². The average Bonchev–Trinajstić information content (AvgIpc) is 2.90. The third-order valence-electron chi connectivity index (χ3n) is 5.07. The summed E-state index contributed by atoms with van der Waals surface area (Å²) in [6, 6.07) is 14.8. The molecule has 35 heavy (non-hydrogen) atoms. The topological polar surface area (TPSA) is 89.5 Å². The largest absolute Gasteiger partial charge is 0.497 e. The minimum Gasteiger partial charge on any atom is -0.497 e. The normalized spacial score (nSPS) is 10.5. The zero-order valence-electron chi connectivity index (χ0n) is 20.1. The molecule has 0 saturated heterocycles. The van der Waals surface area contributed by atoms with E-state index in [2.05, 4.69) is 0 Å². The van der Waals surface area contributed by atoms with Gasteiger partial charge in [-0.15, -0.1) is 0 Å². The number of ether oxygens (including phenoxy) is 6. The van der Waals surface area contributed by atoms with Crippen LogP contribution in [-0.2, 0) is 0 Å². The molecule has 0 atom stereocenters. The molecule has 8 nitrogen and oxygen atoms in total. The van der Waals surface area contributed by atoms with Gasteiger partial charge in [-0.2, -0.15) is 0 Å². The lowest BCUT2D eigenvalue weighted by Gasteiger charge is -2.13. The number of hydrogen-bond donors (Lipinski definition) is 0. The fourth-order valence-electron chi connectivity index (χ4n) is 3.31. The van der Waals surface area contributed by atoms with Gasteiger partial charge in [-0.3, -0.25) is 4.79 Å². The van der Waals surface area contributed by atoms with Crippen LogP contribution in [0.2, 0.25) is 0 Å². The fraction of sp³-hybridized carbons (Fsp3) is 0.185. The van der Waals surface area contributed by atoms with Crippen molar-refractivity contribution in [1.29, 1.82) is 0 Å². The summed E-state index contributed by atoms with van der Waals surface area (Å²) < 4.78 is 31.9. The van der Waals surface area contributed by atoms with Crippen LogP contribution in [0.4, 0.5) is 0 Å². The monoisotopic (exact) mass is 478 g/mol. The molecule has 0 unspecified atom stereocenters. The molecular weight excluding hydrogens is 452 g/mol. The number of carbonyl (C=O) groups excluding carboxylic acids is 2. The second-order valence-corrected chi connectivity index (χ2v) is 7.14. The molecule has 3 aromatic carbocycles. The maximum absolute atomic E-state index is 12.8. The predicted octanol–water partition coefficient (Wildman–Crippen LogP) is 4.84. The van der Waals surface area contributed by atoms with Crippen molar-refractivity contribution in [1.82, 2.24) is 0 Å². The molecule has 8 heteroatoms. The highest BCUT2D eigenvalue weighted by atomic mass is 16.5. The molecule has 0 heterocycles. The lowest BCUT2D eigenvalue weighted by Crippen LogP contribution is -2.09. The molecule has 182 valence electrons. The van der Waals surface area contributed by atoms with Crippen LogP contribution < -0.4 is 28.4 Å². The third-order valence-corrected chi connectivity index (χ3v) is 5.07. The molecule has 0 fully saturated rings. The van der Waals surface area contributed by atoms with Gasteiger partial charge in [0.05, 0.1) is 46.7 Å². The van der Waals surface area contributed by atoms with Gasteiger partial charge in [-0.1, -0.05) is 18.2 Å². The zero-order valence-corrected chi connectivity index (χ0v) is 20.1. The van der Waals surface area contributed by atoms with E-state index in [0.717, 1.165) is 0 Å². The smallest absolute Gasteiger partial charge is 0.343 e. The van der Waals surface area contributed by atoms with Crippen molar-refractivity contribution in [2.24, 2.45) is 0 Å². The van der Waals surface area contributed by atoms with Gasteiger partial charge >= 0.3 is 5.97 Å². The number of carbonyl (C=O) groups is 2. The number of esters is 1. The molecule has 0 amide bonds. The number of hydrogen-bond acceptors (Lipinski definition) is 8. The Balaban J connectivity index is 1.80. The Kier molecular flexibility index (Phi) is 8.34. The van der Waals surface area contributed by atoms with Gasteiger partial charge in [0.15, 0.2) is 17.3 Å². The van der Waals surface area contributed by atoms with Gasteiger partial charge in [-0.05, 0) is 54.1 Å². The molecule has 0 saturated carbocycles. The Morgan fingerprint density at radius 1 is 0.686 bits per heavy atom. The van der Waals surface area contributed by atoms with E-state index >= 15 is 0 Å². The molecule has 0 N–H and O–H groups in total. The predicted molar refractivity (Wildman–Crippen MR) is 130 cm³/mol. The van der Waals surface area contributed by atoms with Gasteiger partial charge in [0.1, 0.15) is 17.2 Å². The summed E-state index contributed by atoms with van der Waals surface area (Å²) in [5.41, 5.74) is 1.25. The van der Waals surface area contributed by atoms with E-state index in [-0.39, 0.29) is 11.3 Å². The lowest BCUT2D eigenvalue weighted by atomic mass is 10.1. The van der Waals surface area contributed by atoms with Crippen molar-refractivity contribution in [2.75, 3.05) is 35.5 Å². The van der Waals surface area contributed by atoms with E-state index < -0.39 is 5.97 Å². The number of ketones is 1. The van der Waals surface area contributed by atoms with E-state index in [4.69, 9.17) is 28.4 Å². The Morgan fingerprint density at radius 3 is 1.97 bits per heavy atom. The van der Waals surface area contributed by atoms with E-state index in [0.29, 0.717) is 45.6 Å². The zero-order chi connectivity index (χ0) is 25.4. The van der Waals surface area contributed by atoms with Gasteiger partial charge < -0.3 is 28.4 Å². The van der Waals surface area contributed by atoms with Crippen LogP contribution in [-0.4, -0.2) is 47.3 Å². The summed E-state index contributed by atoms with van der Waals surface area (Å²) in [6.45, 7) is 0. The number of methoxy groups -OCH3 is 5. The van der Waals surface area contributed by atoms with Gasteiger partial charge in [0.25, 0.3) is 0 Å². The first-order chi connectivity index (χ1) is 16.9. The first kappa shape index (κ1) is 25.2.